The van der Waals surface area contributed by atoms with Gasteiger partial charge < -0.3 is 0 Å². The minimum Gasteiger partial charge on any atom is -0.0801 e. The van der Waals surface area contributed by atoms with Crippen molar-refractivity contribution in [2.24, 2.45) is 0 Å². The molecule has 1 unspecified atom stereocenters. The second-order valence-corrected chi connectivity index (χ2v) is 5.96. The Labute approximate surface area is 63.8 Å². The molecule has 1 aliphatic heterocycles. The summed E-state index contributed by atoms with van der Waals surface area (Å²) in [6.07, 6.45) is 11.1. The molecule has 1 saturated heterocycles. The first-order valence-corrected chi connectivity index (χ1v) is 5.60. The molecule has 1 heteroatoms. The third-order valence-corrected chi connectivity index (χ3v) is 5.57. The van der Waals surface area contributed by atoms with E-state index < -0.39 is 0 Å². The lowest BCUT2D eigenvalue weighted by atomic mass is 10.3. The van der Waals surface area contributed by atoms with E-state index >= 15 is 0 Å². The zero-order chi connectivity index (χ0) is 6.97. The van der Waals surface area contributed by atoms with E-state index in [1.54, 1.807) is 5.31 Å². The van der Waals surface area contributed by atoms with Gasteiger partial charge in [-0.05, 0) is 30.0 Å². The standard InChI is InChI=1S/C9H13P/c1-8-6-7-10(8)9-4-2-3-5-9/h2-4,8H,5-7H2,1H3/t8-,10?/m0/s1. The van der Waals surface area contributed by atoms with Gasteiger partial charge in [0, 0.05) is 0 Å². The summed E-state index contributed by atoms with van der Waals surface area (Å²) in [7, 11) is 0.338. The van der Waals surface area contributed by atoms with E-state index in [0.29, 0.717) is 7.92 Å². The second-order valence-electron chi connectivity index (χ2n) is 3.12. The first kappa shape index (κ1) is 6.61. The lowest BCUT2D eigenvalue weighted by molar-refractivity contribution is 0.829. The van der Waals surface area contributed by atoms with Gasteiger partial charge >= 0.3 is 0 Å². The molecule has 0 saturated carbocycles. The van der Waals surface area contributed by atoms with Gasteiger partial charge in [-0.15, -0.1) is 0 Å². The molecule has 2 aliphatic rings. The normalized spacial score (nSPS) is 37.5. The Balaban J connectivity index is 2.00. The van der Waals surface area contributed by atoms with E-state index in [4.69, 9.17) is 0 Å². The van der Waals surface area contributed by atoms with Crippen LogP contribution in [0.2, 0.25) is 0 Å². The van der Waals surface area contributed by atoms with Crippen LogP contribution < -0.4 is 0 Å². The van der Waals surface area contributed by atoms with E-state index in [1.165, 1.54) is 19.0 Å². The van der Waals surface area contributed by atoms with Crippen LogP contribution in [0.5, 0.6) is 0 Å². The molecule has 0 N–H and O–H groups in total. The van der Waals surface area contributed by atoms with Crippen molar-refractivity contribution in [3.8, 4) is 0 Å². The van der Waals surface area contributed by atoms with Gasteiger partial charge in [0.25, 0.3) is 0 Å². The summed E-state index contributed by atoms with van der Waals surface area (Å²) in [5.74, 6) is 0. The fraction of sp³-hybridized carbons (Fsp3) is 0.556. The van der Waals surface area contributed by atoms with Crippen molar-refractivity contribution in [2.45, 2.75) is 25.4 Å². The zero-order valence-corrected chi connectivity index (χ0v) is 7.27. The molecule has 0 radical (unpaired) electrons. The summed E-state index contributed by atoms with van der Waals surface area (Å²) >= 11 is 0. The van der Waals surface area contributed by atoms with E-state index in [2.05, 4.69) is 25.2 Å². The predicted molar refractivity (Wildman–Crippen MR) is 47.7 cm³/mol. The molecule has 0 aromatic carbocycles. The third-order valence-electron chi connectivity index (χ3n) is 2.44. The maximum atomic E-state index is 2.40. The number of allylic oxidation sites excluding steroid dienone is 4. The van der Waals surface area contributed by atoms with Gasteiger partial charge in [-0.2, -0.15) is 0 Å². The maximum absolute atomic E-state index is 2.40. The van der Waals surface area contributed by atoms with Crippen LogP contribution in [0.1, 0.15) is 19.8 Å². The number of rotatable bonds is 1. The van der Waals surface area contributed by atoms with Crippen LogP contribution in [0.3, 0.4) is 0 Å². The molecule has 0 aromatic heterocycles. The van der Waals surface area contributed by atoms with Crippen molar-refractivity contribution in [1.29, 1.82) is 0 Å². The van der Waals surface area contributed by atoms with Crippen molar-refractivity contribution in [1.82, 2.24) is 0 Å². The second kappa shape index (κ2) is 2.51. The molecule has 2 rings (SSSR count). The molecule has 1 fully saturated rings. The largest absolute Gasteiger partial charge is 0.0801 e. The van der Waals surface area contributed by atoms with Gasteiger partial charge in [0.2, 0.25) is 0 Å². The highest BCUT2D eigenvalue weighted by molar-refractivity contribution is 7.64. The molecule has 0 nitrogen and oxygen atoms in total. The number of hydrogen-bond acceptors (Lipinski definition) is 0. The third kappa shape index (κ3) is 0.953. The Morgan fingerprint density at radius 1 is 1.60 bits per heavy atom. The Bertz CT molecular complexity index is 191. The van der Waals surface area contributed by atoms with E-state index in [0.717, 1.165) is 5.66 Å². The maximum Gasteiger partial charge on any atom is -0.00898 e. The molecule has 0 aromatic rings. The van der Waals surface area contributed by atoms with Crippen LogP contribution >= 0.6 is 7.92 Å². The lowest BCUT2D eigenvalue weighted by Gasteiger charge is -2.35. The van der Waals surface area contributed by atoms with E-state index in [1.807, 2.05) is 0 Å². The Kier molecular flexibility index (Phi) is 1.66. The smallest absolute Gasteiger partial charge is 0.00898 e. The fourth-order valence-corrected chi connectivity index (χ4v) is 4.10. The number of hydrogen-bond donors (Lipinski definition) is 0. The first-order valence-electron chi connectivity index (χ1n) is 4.00. The van der Waals surface area contributed by atoms with Crippen LogP contribution in [0.25, 0.3) is 0 Å². The first-order chi connectivity index (χ1) is 4.88. The summed E-state index contributed by atoms with van der Waals surface area (Å²) in [6.45, 7) is 2.40. The molecular weight excluding hydrogens is 139 g/mol. The average Bonchev–Trinajstić information content (AvgIpc) is 2.37. The van der Waals surface area contributed by atoms with Crippen molar-refractivity contribution in [3.63, 3.8) is 0 Å². The highest BCUT2D eigenvalue weighted by Gasteiger charge is 2.28. The van der Waals surface area contributed by atoms with E-state index in [-0.39, 0.29) is 0 Å². The SMILES string of the molecule is C[C@H]1CCP1C1=CC=CC1. The van der Waals surface area contributed by atoms with Gasteiger partial charge in [-0.25, -0.2) is 0 Å². The van der Waals surface area contributed by atoms with Gasteiger partial charge in [0.1, 0.15) is 0 Å². The molecule has 0 amide bonds. The van der Waals surface area contributed by atoms with Crippen LogP contribution in [-0.4, -0.2) is 11.8 Å². The zero-order valence-electron chi connectivity index (χ0n) is 6.38. The van der Waals surface area contributed by atoms with Crippen LogP contribution in [0, 0.1) is 0 Å². The Hall–Kier alpha value is -0.0900. The molecule has 2 atom stereocenters. The van der Waals surface area contributed by atoms with Crippen molar-refractivity contribution < 1.29 is 0 Å². The Morgan fingerprint density at radius 2 is 2.50 bits per heavy atom. The van der Waals surface area contributed by atoms with Gasteiger partial charge in [-0.3, -0.25) is 0 Å². The summed E-state index contributed by atoms with van der Waals surface area (Å²) in [6, 6.07) is 0. The van der Waals surface area contributed by atoms with Crippen molar-refractivity contribution >= 4 is 7.92 Å². The molecule has 0 spiro atoms. The minimum atomic E-state index is 0.338. The predicted octanol–water partition coefficient (Wildman–Crippen LogP) is 3.10. The highest BCUT2D eigenvalue weighted by Crippen LogP contribution is 2.60. The molecule has 54 valence electrons. The van der Waals surface area contributed by atoms with Crippen LogP contribution in [-0.2, 0) is 0 Å². The molecule has 10 heavy (non-hydrogen) atoms. The van der Waals surface area contributed by atoms with E-state index in [9.17, 15) is 0 Å². The minimum absolute atomic E-state index is 0.338. The van der Waals surface area contributed by atoms with Crippen molar-refractivity contribution in [2.75, 3.05) is 6.16 Å². The lowest BCUT2D eigenvalue weighted by Crippen LogP contribution is -2.16. The van der Waals surface area contributed by atoms with Crippen molar-refractivity contribution in [3.05, 3.63) is 23.5 Å². The monoisotopic (exact) mass is 152 g/mol. The summed E-state index contributed by atoms with van der Waals surface area (Å²) < 4.78 is 0. The average molecular weight is 152 g/mol. The summed E-state index contributed by atoms with van der Waals surface area (Å²) in [5.41, 5.74) is 1.03. The quantitative estimate of drug-likeness (QED) is 0.506. The summed E-state index contributed by atoms with van der Waals surface area (Å²) in [5, 5.41) is 1.74. The molecule has 1 aliphatic carbocycles. The van der Waals surface area contributed by atoms with Gasteiger partial charge in [0.05, 0.1) is 0 Å². The van der Waals surface area contributed by atoms with Crippen LogP contribution in [0.4, 0.5) is 0 Å². The molecule has 1 heterocycles. The summed E-state index contributed by atoms with van der Waals surface area (Å²) in [4.78, 5) is 0. The fourth-order valence-electron chi connectivity index (χ4n) is 1.59. The molecular formula is C9H13P. The molecule has 0 bridgehead atoms. The highest BCUT2D eigenvalue weighted by atomic mass is 31.1. The van der Waals surface area contributed by atoms with Gasteiger partial charge in [-0.1, -0.05) is 33.1 Å². The van der Waals surface area contributed by atoms with Gasteiger partial charge in [0.15, 0.2) is 0 Å². The topological polar surface area (TPSA) is 0 Å². The van der Waals surface area contributed by atoms with Crippen LogP contribution in [0.15, 0.2) is 23.5 Å². The Morgan fingerprint density at radius 3 is 2.90 bits per heavy atom.